The maximum Gasteiger partial charge on any atom is 0.137 e. The quantitative estimate of drug-likeness (QED) is 0.349. The zero-order valence-corrected chi connectivity index (χ0v) is 28.1. The topological polar surface area (TPSA) is 107 Å². The van der Waals surface area contributed by atoms with Gasteiger partial charge in [-0.05, 0) is 89.5 Å². The lowest BCUT2D eigenvalue weighted by Gasteiger charge is -2.33. The van der Waals surface area contributed by atoms with Crippen LogP contribution in [0.2, 0.25) is 0 Å². The van der Waals surface area contributed by atoms with Crippen LogP contribution in [0.15, 0.2) is 0 Å². The van der Waals surface area contributed by atoms with Crippen LogP contribution in [0.4, 0.5) is 0 Å². The van der Waals surface area contributed by atoms with Gasteiger partial charge in [-0.25, -0.2) is 0 Å². The number of rotatable bonds is 4. The van der Waals surface area contributed by atoms with Crippen molar-refractivity contribution in [2.45, 2.75) is 160 Å². The summed E-state index contributed by atoms with van der Waals surface area (Å²) in [6, 6.07) is 4.16. The molecule has 0 spiro atoms. The monoisotopic (exact) mass is 609 g/mol. The molecule has 0 bridgehead atoms. The molecule has 6 aliphatic rings. The lowest BCUT2D eigenvalue weighted by atomic mass is 9.86. The molecule has 2 aliphatic carbocycles. The number of ether oxygens (including phenoxy) is 3. The van der Waals surface area contributed by atoms with Crippen LogP contribution in [-0.2, 0) is 19.0 Å². The summed E-state index contributed by atoms with van der Waals surface area (Å²) in [6.07, 6.45) is 19.5. The Hall–Kier alpha value is -0.610. The van der Waals surface area contributed by atoms with Gasteiger partial charge >= 0.3 is 0 Å². The largest absolute Gasteiger partial charge is 0.381 e. The van der Waals surface area contributed by atoms with Gasteiger partial charge in [0.2, 0.25) is 0 Å². The number of piperidine rings is 1. The third-order valence-electron chi connectivity index (χ3n) is 9.97. The fourth-order valence-electron chi connectivity index (χ4n) is 7.34. The molecule has 4 aliphatic heterocycles. The Morgan fingerprint density at radius 2 is 1.12 bits per heavy atom. The maximum absolute atomic E-state index is 10.4. The molecule has 252 valence electrons. The van der Waals surface area contributed by atoms with Gasteiger partial charge in [-0.2, -0.15) is 0 Å². The molecule has 0 aromatic rings. The highest BCUT2D eigenvalue weighted by Crippen LogP contribution is 2.25. The van der Waals surface area contributed by atoms with Crippen molar-refractivity contribution in [1.29, 1.82) is 0 Å². The van der Waals surface area contributed by atoms with E-state index in [2.05, 4.69) is 36.7 Å². The van der Waals surface area contributed by atoms with E-state index in [0.29, 0.717) is 50.0 Å². The summed E-state index contributed by atoms with van der Waals surface area (Å²) in [5, 5.41) is 11.1. The van der Waals surface area contributed by atoms with Crippen molar-refractivity contribution in [3.05, 3.63) is 0 Å². The standard InChI is InChI=1S/C12H23NO.C11H22N2O.C7H15N.C5H8O2/c1-10-3-2-4-12(9-10)13-11-5-7-14-8-6-11;1-9-8-11(2-5-12-9)13-10-3-6-14-7-4-10;1-6-3-2-4-7(8)5-6;6-5-1-3-7-4-2-5/h10-13H,2-9H2,1H3;9-13H,2-8H2,1H3;6-7H,2-5,8H2,1H3;1-4H2/t10-,12+;9-,11-;6-,7+;/m010./s1. The number of ketones is 1. The second-order valence-corrected chi connectivity index (χ2v) is 14.3. The number of carbonyl (C=O) groups excluding carboxylic acids is 1. The molecule has 43 heavy (non-hydrogen) atoms. The van der Waals surface area contributed by atoms with Crippen molar-refractivity contribution in [3.8, 4) is 0 Å². The Bertz CT molecular complexity index is 662. The van der Waals surface area contributed by atoms with Gasteiger partial charge in [-0.1, -0.05) is 39.5 Å². The van der Waals surface area contributed by atoms with Gasteiger partial charge in [0.1, 0.15) is 5.78 Å². The molecule has 6 fully saturated rings. The second kappa shape index (κ2) is 22.0. The molecule has 0 aromatic carbocycles. The molecule has 0 amide bonds. The van der Waals surface area contributed by atoms with Gasteiger partial charge in [-0.15, -0.1) is 0 Å². The van der Waals surface area contributed by atoms with Gasteiger partial charge in [0.05, 0.1) is 13.2 Å². The first-order valence-electron chi connectivity index (χ1n) is 18.1. The number of hydrogen-bond acceptors (Lipinski definition) is 8. The molecule has 4 saturated heterocycles. The predicted octanol–water partition coefficient (Wildman–Crippen LogP) is 5.12. The van der Waals surface area contributed by atoms with Gasteiger partial charge in [-0.3, -0.25) is 4.79 Å². The summed E-state index contributed by atoms with van der Waals surface area (Å²) >= 11 is 0. The average molecular weight is 609 g/mol. The molecule has 0 unspecified atom stereocenters. The predicted molar refractivity (Wildman–Crippen MR) is 177 cm³/mol. The first kappa shape index (κ1) is 36.9. The van der Waals surface area contributed by atoms with Crippen LogP contribution in [0.25, 0.3) is 0 Å². The van der Waals surface area contributed by atoms with E-state index in [0.717, 1.165) is 56.4 Å². The van der Waals surface area contributed by atoms with Gasteiger partial charge in [0, 0.05) is 75.5 Å². The van der Waals surface area contributed by atoms with Gasteiger partial charge in [0.15, 0.2) is 0 Å². The minimum Gasteiger partial charge on any atom is -0.381 e. The van der Waals surface area contributed by atoms with Crippen molar-refractivity contribution in [3.63, 3.8) is 0 Å². The smallest absolute Gasteiger partial charge is 0.137 e. The summed E-state index contributed by atoms with van der Waals surface area (Å²) in [5.41, 5.74) is 5.73. The fraction of sp³-hybridized carbons (Fsp3) is 0.971. The van der Waals surface area contributed by atoms with E-state index in [1.54, 1.807) is 0 Å². The summed E-state index contributed by atoms with van der Waals surface area (Å²) in [7, 11) is 0. The molecule has 6 atom stereocenters. The SMILES string of the molecule is C[C@@H]1C[C@H](NC2CCOCC2)CCN1.C[C@H]1CCC[C@@H](N)C1.C[C@H]1CCC[C@@H](NC2CCOCC2)C1.O=C1CCOCC1. The number of carbonyl (C=O) groups is 1. The molecule has 2 saturated carbocycles. The summed E-state index contributed by atoms with van der Waals surface area (Å²) < 4.78 is 15.6. The molecule has 4 heterocycles. The third kappa shape index (κ3) is 17.0. The van der Waals surface area contributed by atoms with E-state index in [-0.39, 0.29) is 0 Å². The summed E-state index contributed by atoms with van der Waals surface area (Å²) in [6.45, 7) is 13.2. The lowest BCUT2D eigenvalue weighted by molar-refractivity contribution is -0.124. The first-order chi connectivity index (χ1) is 20.9. The highest BCUT2D eigenvalue weighted by Gasteiger charge is 2.23. The zero-order valence-electron chi connectivity index (χ0n) is 28.1. The summed E-state index contributed by atoms with van der Waals surface area (Å²) in [5.74, 6) is 2.16. The van der Waals surface area contributed by atoms with Crippen LogP contribution in [-0.4, -0.2) is 88.2 Å². The Balaban J connectivity index is 0.000000164. The molecule has 8 heteroatoms. The highest BCUT2D eigenvalue weighted by molar-refractivity contribution is 5.79. The van der Waals surface area contributed by atoms with Crippen LogP contribution in [0.3, 0.4) is 0 Å². The maximum atomic E-state index is 10.4. The minimum absolute atomic E-state index is 0.339. The van der Waals surface area contributed by atoms with Crippen molar-refractivity contribution in [1.82, 2.24) is 16.0 Å². The van der Waals surface area contributed by atoms with Crippen molar-refractivity contribution in [2.24, 2.45) is 17.6 Å². The van der Waals surface area contributed by atoms with Gasteiger partial charge in [0.25, 0.3) is 0 Å². The Morgan fingerprint density at radius 1 is 0.605 bits per heavy atom. The van der Waals surface area contributed by atoms with E-state index >= 15 is 0 Å². The molecular formula is C35H68N4O4. The number of hydrogen-bond donors (Lipinski definition) is 4. The summed E-state index contributed by atoms with van der Waals surface area (Å²) in [4.78, 5) is 10.4. The van der Waals surface area contributed by atoms with E-state index in [1.165, 1.54) is 96.4 Å². The van der Waals surface area contributed by atoms with Crippen LogP contribution >= 0.6 is 0 Å². The number of Topliss-reactive ketones (excluding diaryl/α,β-unsaturated/α-hetero) is 1. The van der Waals surface area contributed by atoms with Crippen LogP contribution in [0, 0.1) is 11.8 Å². The van der Waals surface area contributed by atoms with Crippen molar-refractivity contribution in [2.75, 3.05) is 46.2 Å². The van der Waals surface area contributed by atoms with Crippen LogP contribution < -0.4 is 21.7 Å². The average Bonchev–Trinajstić information content (AvgIpc) is 3.00. The number of nitrogens with one attached hydrogen (secondary N) is 3. The number of nitrogens with two attached hydrogens (primary N) is 1. The molecule has 6 rings (SSSR count). The Kier molecular flexibility index (Phi) is 18.9. The van der Waals surface area contributed by atoms with Gasteiger partial charge < -0.3 is 35.9 Å². The highest BCUT2D eigenvalue weighted by atomic mass is 16.5. The molecular weight excluding hydrogens is 540 g/mol. The molecule has 0 aromatic heterocycles. The molecule has 0 radical (unpaired) electrons. The normalized spacial score (nSPS) is 34.4. The zero-order chi connectivity index (χ0) is 30.7. The first-order valence-corrected chi connectivity index (χ1v) is 18.1. The third-order valence-corrected chi connectivity index (χ3v) is 9.97. The Labute approximate surface area is 264 Å². The molecule has 8 nitrogen and oxygen atoms in total. The fourth-order valence-corrected chi connectivity index (χ4v) is 7.34. The van der Waals surface area contributed by atoms with Crippen LogP contribution in [0.1, 0.15) is 124 Å². The van der Waals surface area contributed by atoms with Crippen LogP contribution in [0.5, 0.6) is 0 Å². The second-order valence-electron chi connectivity index (χ2n) is 14.3. The van der Waals surface area contributed by atoms with E-state index in [1.807, 2.05) is 0 Å². The van der Waals surface area contributed by atoms with Crippen molar-refractivity contribution < 1.29 is 19.0 Å². The molecule has 5 N–H and O–H groups in total. The van der Waals surface area contributed by atoms with E-state index in [4.69, 9.17) is 19.9 Å². The van der Waals surface area contributed by atoms with E-state index in [9.17, 15) is 4.79 Å². The van der Waals surface area contributed by atoms with E-state index < -0.39 is 0 Å². The lowest BCUT2D eigenvalue weighted by Crippen LogP contribution is -2.49. The van der Waals surface area contributed by atoms with Crippen molar-refractivity contribution >= 4 is 5.78 Å². The minimum atomic E-state index is 0.339. The Morgan fingerprint density at radius 3 is 1.56 bits per heavy atom.